The molecule has 0 radical (unpaired) electrons. The summed E-state index contributed by atoms with van der Waals surface area (Å²) in [5, 5.41) is 0. The summed E-state index contributed by atoms with van der Waals surface area (Å²) in [6.45, 7) is 1.81. The largest absolute Gasteiger partial charge is 0.490 e. The van der Waals surface area contributed by atoms with Gasteiger partial charge in [0.1, 0.15) is 24.2 Å². The number of hydrogen-bond acceptors (Lipinski definition) is 1. The fourth-order valence-electron chi connectivity index (χ4n) is 2.19. The van der Waals surface area contributed by atoms with E-state index in [0.717, 1.165) is 0 Å². The van der Waals surface area contributed by atoms with E-state index in [9.17, 15) is 4.39 Å². The molecule has 2 rings (SSSR count). The third kappa shape index (κ3) is 3.56. The monoisotopic (exact) mass is 236 g/mol. The normalized spacial score (nSPS) is 24.4. The van der Waals surface area contributed by atoms with E-state index in [2.05, 4.69) is 19.2 Å². The second-order valence-corrected chi connectivity index (χ2v) is 4.54. The predicted molar refractivity (Wildman–Crippen MR) is 65.8 cm³/mol. The molecule has 1 N–H and O–H groups in total. The van der Waals surface area contributed by atoms with Crippen LogP contribution in [-0.4, -0.2) is 26.2 Å². The van der Waals surface area contributed by atoms with Crippen molar-refractivity contribution in [2.45, 2.75) is 18.9 Å². The molecule has 1 aromatic rings. The lowest BCUT2D eigenvalue weighted by Gasteiger charge is -2.12. The van der Waals surface area contributed by atoms with Crippen molar-refractivity contribution in [1.29, 1.82) is 0 Å². The number of ether oxygens (including phenoxy) is 1. The first-order valence-electron chi connectivity index (χ1n) is 6.13. The van der Waals surface area contributed by atoms with Gasteiger partial charge >= 0.3 is 0 Å². The maximum atomic E-state index is 12.7. The van der Waals surface area contributed by atoms with Gasteiger partial charge in [0.15, 0.2) is 0 Å². The lowest BCUT2D eigenvalue weighted by Crippen LogP contribution is -3.10. The maximum Gasteiger partial charge on any atom is 0.123 e. The number of halogens is 1. The highest BCUT2D eigenvalue weighted by Gasteiger charge is 2.21. The molecule has 0 amide bonds. The minimum absolute atomic E-state index is 0.232. The molecule has 1 fully saturated rings. The van der Waals surface area contributed by atoms with E-state index < -0.39 is 0 Å². The summed E-state index contributed by atoms with van der Waals surface area (Å²) in [7, 11) is 2.23. The van der Waals surface area contributed by atoms with Crippen LogP contribution in [-0.2, 0) is 0 Å². The summed E-state index contributed by atoms with van der Waals surface area (Å²) in [5.74, 6) is 0.479. The Morgan fingerprint density at radius 3 is 2.82 bits per heavy atom. The highest BCUT2D eigenvalue weighted by Crippen LogP contribution is 2.10. The lowest BCUT2D eigenvalue weighted by molar-refractivity contribution is -0.885. The SMILES string of the molecule is C[NH+]1CCC[C@H]1/C=C/COc1ccc(F)cc1. The van der Waals surface area contributed by atoms with Crippen molar-refractivity contribution < 1.29 is 14.0 Å². The molecule has 1 aliphatic heterocycles. The third-order valence-corrected chi connectivity index (χ3v) is 3.25. The zero-order valence-electron chi connectivity index (χ0n) is 10.2. The van der Waals surface area contributed by atoms with Crippen molar-refractivity contribution in [2.24, 2.45) is 0 Å². The number of likely N-dealkylation sites (tertiary alicyclic amines) is 1. The first kappa shape index (κ1) is 12.1. The van der Waals surface area contributed by atoms with Gasteiger partial charge < -0.3 is 9.64 Å². The van der Waals surface area contributed by atoms with E-state index in [4.69, 9.17) is 4.74 Å². The van der Waals surface area contributed by atoms with Gasteiger partial charge in [0, 0.05) is 12.8 Å². The van der Waals surface area contributed by atoms with Crippen molar-refractivity contribution >= 4 is 0 Å². The molecule has 0 aliphatic carbocycles. The van der Waals surface area contributed by atoms with E-state index in [-0.39, 0.29) is 5.82 Å². The second-order valence-electron chi connectivity index (χ2n) is 4.54. The van der Waals surface area contributed by atoms with Gasteiger partial charge in [-0.25, -0.2) is 4.39 Å². The van der Waals surface area contributed by atoms with Crippen molar-refractivity contribution in [3.8, 4) is 5.75 Å². The molecule has 2 nitrogen and oxygen atoms in total. The quantitative estimate of drug-likeness (QED) is 0.781. The summed E-state index contributed by atoms with van der Waals surface area (Å²) in [5.41, 5.74) is 0. The molecule has 0 bridgehead atoms. The zero-order valence-corrected chi connectivity index (χ0v) is 10.2. The Morgan fingerprint density at radius 1 is 1.41 bits per heavy atom. The summed E-state index contributed by atoms with van der Waals surface area (Å²) in [6, 6.07) is 6.75. The molecule has 1 saturated heterocycles. The van der Waals surface area contributed by atoms with Crippen LogP contribution in [0.25, 0.3) is 0 Å². The molecule has 92 valence electrons. The van der Waals surface area contributed by atoms with Gasteiger partial charge in [0.25, 0.3) is 0 Å². The fourth-order valence-corrected chi connectivity index (χ4v) is 2.19. The number of likely N-dealkylation sites (N-methyl/N-ethyl adjacent to an activating group) is 1. The first-order chi connectivity index (χ1) is 8.25. The van der Waals surface area contributed by atoms with Crippen LogP contribution in [0.1, 0.15) is 12.8 Å². The average molecular weight is 236 g/mol. The molecule has 0 saturated carbocycles. The van der Waals surface area contributed by atoms with Crippen LogP contribution in [0.15, 0.2) is 36.4 Å². The van der Waals surface area contributed by atoms with Gasteiger partial charge in [-0.3, -0.25) is 0 Å². The first-order valence-corrected chi connectivity index (χ1v) is 6.13. The average Bonchev–Trinajstić information content (AvgIpc) is 2.73. The highest BCUT2D eigenvalue weighted by atomic mass is 19.1. The van der Waals surface area contributed by atoms with Gasteiger partial charge in [0.05, 0.1) is 13.6 Å². The number of hydrogen-bond donors (Lipinski definition) is 1. The molecule has 1 aliphatic rings. The molecule has 2 atom stereocenters. The van der Waals surface area contributed by atoms with Crippen molar-refractivity contribution in [3.05, 3.63) is 42.2 Å². The van der Waals surface area contributed by atoms with Gasteiger partial charge in [-0.1, -0.05) is 0 Å². The molecule has 1 aromatic carbocycles. The molecular formula is C14H19FNO+. The van der Waals surface area contributed by atoms with E-state index in [0.29, 0.717) is 18.4 Å². The number of quaternary nitrogens is 1. The summed E-state index contributed by atoms with van der Waals surface area (Å²) in [6.07, 6.45) is 6.85. The van der Waals surface area contributed by atoms with Crippen LogP contribution in [0.5, 0.6) is 5.75 Å². The molecule has 17 heavy (non-hydrogen) atoms. The lowest BCUT2D eigenvalue weighted by atomic mass is 10.2. The van der Waals surface area contributed by atoms with Gasteiger partial charge in [0.2, 0.25) is 0 Å². The Morgan fingerprint density at radius 2 is 2.18 bits per heavy atom. The van der Waals surface area contributed by atoms with Crippen LogP contribution >= 0.6 is 0 Å². The van der Waals surface area contributed by atoms with E-state index in [1.165, 1.54) is 31.5 Å². The Balaban J connectivity index is 1.75. The fraction of sp³-hybridized carbons (Fsp3) is 0.429. The molecule has 0 spiro atoms. The molecule has 0 aromatic heterocycles. The minimum atomic E-state index is -0.232. The van der Waals surface area contributed by atoms with Gasteiger partial charge in [-0.05, 0) is 36.4 Å². The standard InChI is InChI=1S/C14H18FNO/c1-16-10-2-4-13(16)5-3-11-17-14-8-6-12(15)7-9-14/h3,5-9,13H,2,4,10-11H2,1H3/p+1/b5-3+/t13-/m0/s1. The summed E-state index contributed by atoms with van der Waals surface area (Å²) >= 11 is 0. The summed E-state index contributed by atoms with van der Waals surface area (Å²) in [4.78, 5) is 1.57. The number of benzene rings is 1. The van der Waals surface area contributed by atoms with Crippen molar-refractivity contribution in [1.82, 2.24) is 0 Å². The number of rotatable bonds is 4. The molecule has 1 heterocycles. The van der Waals surface area contributed by atoms with Gasteiger partial charge in [-0.2, -0.15) is 0 Å². The van der Waals surface area contributed by atoms with E-state index in [1.54, 1.807) is 17.0 Å². The van der Waals surface area contributed by atoms with Crippen molar-refractivity contribution in [3.63, 3.8) is 0 Å². The van der Waals surface area contributed by atoms with Crippen LogP contribution in [0.4, 0.5) is 4.39 Å². The van der Waals surface area contributed by atoms with E-state index in [1.807, 2.05) is 0 Å². The van der Waals surface area contributed by atoms with Crippen LogP contribution in [0, 0.1) is 5.82 Å². The maximum absolute atomic E-state index is 12.7. The molecular weight excluding hydrogens is 217 g/mol. The Kier molecular flexibility index (Phi) is 4.15. The van der Waals surface area contributed by atoms with E-state index >= 15 is 0 Å². The third-order valence-electron chi connectivity index (χ3n) is 3.25. The van der Waals surface area contributed by atoms with Crippen LogP contribution < -0.4 is 9.64 Å². The van der Waals surface area contributed by atoms with Gasteiger partial charge in [-0.15, -0.1) is 0 Å². The topological polar surface area (TPSA) is 13.7 Å². The smallest absolute Gasteiger partial charge is 0.123 e. The molecule has 3 heteroatoms. The second kappa shape index (κ2) is 5.82. The Bertz CT molecular complexity index is 374. The van der Waals surface area contributed by atoms with Crippen LogP contribution in [0.3, 0.4) is 0 Å². The zero-order chi connectivity index (χ0) is 12.1. The summed E-state index contributed by atoms with van der Waals surface area (Å²) < 4.78 is 18.1. The van der Waals surface area contributed by atoms with Crippen molar-refractivity contribution in [2.75, 3.05) is 20.2 Å². The Hall–Kier alpha value is -1.35. The minimum Gasteiger partial charge on any atom is -0.490 e. The molecule has 1 unspecified atom stereocenters. The highest BCUT2D eigenvalue weighted by molar-refractivity contribution is 5.22. The number of nitrogens with one attached hydrogen (secondary N) is 1. The van der Waals surface area contributed by atoms with Crippen LogP contribution in [0.2, 0.25) is 0 Å². The Labute approximate surface area is 102 Å². The predicted octanol–water partition coefficient (Wildman–Crippen LogP) is 1.44.